The van der Waals surface area contributed by atoms with Gasteiger partial charge in [0.2, 0.25) is 5.91 Å². The summed E-state index contributed by atoms with van der Waals surface area (Å²) in [4.78, 5) is 11.1. The molecule has 0 saturated carbocycles. The molecule has 0 fully saturated rings. The number of carbonyl (C=O) groups is 1. The van der Waals surface area contributed by atoms with Gasteiger partial charge in [-0.05, 0) is 19.1 Å². The number of aromatic nitrogens is 3. The second-order valence-electron chi connectivity index (χ2n) is 4.68. The van der Waals surface area contributed by atoms with Gasteiger partial charge in [0.15, 0.2) is 5.82 Å². The molecule has 0 radical (unpaired) electrons. The van der Waals surface area contributed by atoms with Crippen molar-refractivity contribution in [3.63, 3.8) is 0 Å². The Bertz CT molecular complexity index is 769. The Hall–Kier alpha value is -2.56. The molecule has 2 N–H and O–H groups in total. The number of rotatable bonds is 3. The van der Waals surface area contributed by atoms with Gasteiger partial charge in [-0.3, -0.25) is 9.89 Å². The van der Waals surface area contributed by atoms with E-state index in [0.29, 0.717) is 5.82 Å². The molecule has 0 atom stereocenters. The van der Waals surface area contributed by atoms with Gasteiger partial charge in [0.1, 0.15) is 0 Å². The first kappa shape index (κ1) is 12.5. The van der Waals surface area contributed by atoms with Gasteiger partial charge in [-0.1, -0.05) is 18.2 Å². The minimum atomic E-state index is -0.126. The number of nitrogens with zero attached hydrogens (tertiary/aromatic N) is 2. The molecule has 5 nitrogen and oxygen atoms in total. The predicted molar refractivity (Wildman–Crippen MR) is 79.5 cm³/mol. The van der Waals surface area contributed by atoms with Crippen molar-refractivity contribution in [2.45, 2.75) is 20.4 Å². The molecule has 0 unspecified atom stereocenters. The lowest BCUT2D eigenvalue weighted by molar-refractivity contribution is -0.114. The second kappa shape index (κ2) is 4.85. The number of H-pyrrole nitrogens is 1. The molecule has 0 spiro atoms. The highest BCUT2D eigenvalue weighted by molar-refractivity contribution is 5.89. The molecule has 3 aromatic rings. The van der Waals surface area contributed by atoms with Crippen molar-refractivity contribution in [2.75, 3.05) is 5.32 Å². The van der Waals surface area contributed by atoms with Crippen molar-refractivity contribution in [3.8, 4) is 11.4 Å². The number of anilines is 1. The van der Waals surface area contributed by atoms with Crippen LogP contribution in [-0.4, -0.2) is 20.7 Å². The number of amides is 1. The lowest BCUT2D eigenvalue weighted by Crippen LogP contribution is -2.05. The van der Waals surface area contributed by atoms with Gasteiger partial charge in [-0.2, -0.15) is 5.10 Å². The summed E-state index contributed by atoms with van der Waals surface area (Å²) in [6.07, 6.45) is 0. The second-order valence-corrected chi connectivity index (χ2v) is 4.68. The number of fused-ring (bicyclic) bond motifs is 1. The average Bonchev–Trinajstić information content (AvgIpc) is 3.01. The first-order valence-electron chi connectivity index (χ1n) is 6.60. The van der Waals surface area contributed by atoms with Crippen LogP contribution in [0.2, 0.25) is 0 Å². The lowest BCUT2D eigenvalue weighted by atomic mass is 10.2. The fourth-order valence-corrected chi connectivity index (χ4v) is 2.47. The van der Waals surface area contributed by atoms with E-state index in [1.807, 2.05) is 18.2 Å². The number of hydrogen-bond donors (Lipinski definition) is 2. The van der Waals surface area contributed by atoms with Crippen LogP contribution in [0.1, 0.15) is 13.8 Å². The normalized spacial score (nSPS) is 10.9. The zero-order valence-corrected chi connectivity index (χ0v) is 11.5. The van der Waals surface area contributed by atoms with E-state index in [9.17, 15) is 4.79 Å². The fourth-order valence-electron chi connectivity index (χ4n) is 2.47. The molecule has 0 saturated heterocycles. The minimum absolute atomic E-state index is 0.126. The van der Waals surface area contributed by atoms with Crippen LogP contribution in [0.4, 0.5) is 5.82 Å². The summed E-state index contributed by atoms with van der Waals surface area (Å²) in [5.41, 5.74) is 3.16. The fraction of sp³-hybridized carbons (Fsp3) is 0.200. The number of para-hydroxylation sites is 1. The monoisotopic (exact) mass is 268 g/mol. The van der Waals surface area contributed by atoms with Crippen molar-refractivity contribution < 1.29 is 4.79 Å². The van der Waals surface area contributed by atoms with Gasteiger partial charge < -0.3 is 9.88 Å². The van der Waals surface area contributed by atoms with Crippen LogP contribution >= 0.6 is 0 Å². The van der Waals surface area contributed by atoms with E-state index in [-0.39, 0.29) is 5.91 Å². The third-order valence-corrected chi connectivity index (χ3v) is 3.28. The van der Waals surface area contributed by atoms with Gasteiger partial charge in [-0.25, -0.2) is 0 Å². The van der Waals surface area contributed by atoms with Crippen LogP contribution < -0.4 is 5.32 Å². The van der Waals surface area contributed by atoms with Gasteiger partial charge in [0.25, 0.3) is 0 Å². The highest BCUT2D eigenvalue weighted by Gasteiger charge is 2.12. The smallest absolute Gasteiger partial charge is 0.222 e. The van der Waals surface area contributed by atoms with E-state index >= 15 is 0 Å². The van der Waals surface area contributed by atoms with Crippen molar-refractivity contribution in [2.24, 2.45) is 0 Å². The molecule has 102 valence electrons. The highest BCUT2D eigenvalue weighted by Crippen LogP contribution is 2.28. The van der Waals surface area contributed by atoms with E-state index in [1.54, 1.807) is 0 Å². The average molecular weight is 268 g/mol. The van der Waals surface area contributed by atoms with E-state index in [0.717, 1.165) is 17.9 Å². The van der Waals surface area contributed by atoms with Crippen LogP contribution in [0.25, 0.3) is 22.3 Å². The summed E-state index contributed by atoms with van der Waals surface area (Å²) in [5.74, 6) is 0.416. The van der Waals surface area contributed by atoms with Crippen molar-refractivity contribution in [3.05, 3.63) is 36.4 Å². The Labute approximate surface area is 116 Å². The Morgan fingerprint density at radius 1 is 1.35 bits per heavy atom. The first-order valence-corrected chi connectivity index (χ1v) is 6.60. The minimum Gasteiger partial charge on any atom is -0.340 e. The topological polar surface area (TPSA) is 62.7 Å². The van der Waals surface area contributed by atoms with Crippen molar-refractivity contribution in [1.29, 1.82) is 0 Å². The molecule has 2 aromatic heterocycles. The molecule has 0 aliphatic rings. The van der Waals surface area contributed by atoms with E-state index in [2.05, 4.69) is 45.2 Å². The Kier molecular flexibility index (Phi) is 3.02. The maximum Gasteiger partial charge on any atom is 0.222 e. The molecule has 2 heterocycles. The molecule has 1 aromatic carbocycles. The van der Waals surface area contributed by atoms with E-state index in [1.165, 1.54) is 17.8 Å². The molecule has 0 aliphatic heterocycles. The number of nitrogens with one attached hydrogen (secondary N) is 2. The number of aryl methyl sites for hydroxylation is 1. The summed E-state index contributed by atoms with van der Waals surface area (Å²) in [5, 5.41) is 11.0. The molecular weight excluding hydrogens is 252 g/mol. The van der Waals surface area contributed by atoms with Gasteiger partial charge in [0, 0.05) is 30.4 Å². The van der Waals surface area contributed by atoms with E-state index in [4.69, 9.17) is 0 Å². The summed E-state index contributed by atoms with van der Waals surface area (Å²) in [6.45, 7) is 4.45. The van der Waals surface area contributed by atoms with Gasteiger partial charge >= 0.3 is 0 Å². The maximum absolute atomic E-state index is 11.1. The number of benzene rings is 1. The summed E-state index contributed by atoms with van der Waals surface area (Å²) < 4.78 is 2.22. The van der Waals surface area contributed by atoms with Crippen LogP contribution in [0.3, 0.4) is 0 Å². The Morgan fingerprint density at radius 2 is 2.15 bits per heavy atom. The lowest BCUT2D eigenvalue weighted by Gasteiger charge is -2.05. The quantitative estimate of drug-likeness (QED) is 0.767. The van der Waals surface area contributed by atoms with Gasteiger partial charge in [-0.15, -0.1) is 0 Å². The summed E-state index contributed by atoms with van der Waals surface area (Å²) >= 11 is 0. The molecule has 1 amide bonds. The molecule has 0 aliphatic carbocycles. The van der Waals surface area contributed by atoms with Crippen LogP contribution in [-0.2, 0) is 11.3 Å². The summed E-state index contributed by atoms with van der Waals surface area (Å²) in [7, 11) is 0. The molecule has 3 rings (SSSR count). The van der Waals surface area contributed by atoms with Crippen LogP contribution in [0, 0.1) is 0 Å². The SMILES string of the molecule is CCn1c(-c2cc(NC(C)=O)n[nH]2)cc2ccccc21. The predicted octanol–water partition coefficient (Wildman–Crippen LogP) is 3.01. The van der Waals surface area contributed by atoms with Crippen LogP contribution in [0.5, 0.6) is 0 Å². The zero-order chi connectivity index (χ0) is 14.1. The summed E-state index contributed by atoms with van der Waals surface area (Å²) in [6, 6.07) is 12.2. The number of carbonyl (C=O) groups excluding carboxylic acids is 1. The third-order valence-electron chi connectivity index (χ3n) is 3.28. The molecule has 20 heavy (non-hydrogen) atoms. The highest BCUT2D eigenvalue weighted by atomic mass is 16.1. The zero-order valence-electron chi connectivity index (χ0n) is 11.5. The Morgan fingerprint density at radius 3 is 2.90 bits per heavy atom. The van der Waals surface area contributed by atoms with Gasteiger partial charge in [0.05, 0.1) is 11.4 Å². The molecule has 0 bridgehead atoms. The third kappa shape index (κ3) is 2.07. The maximum atomic E-state index is 11.1. The van der Waals surface area contributed by atoms with Crippen molar-refractivity contribution in [1.82, 2.24) is 14.8 Å². The number of hydrogen-bond acceptors (Lipinski definition) is 2. The standard InChI is InChI=1S/C15H16N4O/c1-3-19-13-7-5-4-6-11(13)8-14(19)12-9-15(18-17-12)16-10(2)20/h4-9H,3H2,1-2H3,(H2,16,17,18,20). The van der Waals surface area contributed by atoms with E-state index < -0.39 is 0 Å². The molecule has 5 heteroatoms. The van der Waals surface area contributed by atoms with Crippen molar-refractivity contribution >= 4 is 22.6 Å². The Balaban J connectivity index is 2.09. The largest absolute Gasteiger partial charge is 0.340 e. The number of aromatic amines is 1. The molecular formula is C15H16N4O. The van der Waals surface area contributed by atoms with Crippen LogP contribution in [0.15, 0.2) is 36.4 Å². The first-order chi connectivity index (χ1) is 9.69.